The number of allylic oxidation sites excluding steroid dienone is 1. The Morgan fingerprint density at radius 1 is 1.20 bits per heavy atom. The molecular weight excluding hydrogens is 431 g/mol. The Morgan fingerprint density at radius 2 is 1.83 bits per heavy atom. The molecule has 1 aromatic rings. The molecule has 0 aromatic heterocycles. The highest BCUT2D eigenvalue weighted by Crippen LogP contribution is 2.36. The third-order valence-electron chi connectivity index (χ3n) is 4.49. The molecular formula is C20H21F5O4S. The first-order valence-corrected chi connectivity index (χ1v) is 9.87. The fraction of sp³-hybridized carbons (Fsp3) is 0.450. The van der Waals surface area contributed by atoms with Crippen molar-refractivity contribution in [2.24, 2.45) is 5.92 Å². The molecule has 2 atom stereocenters. The maximum Gasteiger partial charge on any atom is 0.416 e. The zero-order valence-electron chi connectivity index (χ0n) is 16.2. The first-order valence-electron chi connectivity index (χ1n) is 8.88. The summed E-state index contributed by atoms with van der Waals surface area (Å²) in [5.74, 6) is -5.23. The van der Waals surface area contributed by atoms with Gasteiger partial charge in [0.2, 0.25) is 0 Å². The quantitative estimate of drug-likeness (QED) is 0.509. The molecule has 1 aliphatic rings. The number of hydrogen-bond acceptors (Lipinski definition) is 4. The topological polar surface area (TPSA) is 55.8 Å². The summed E-state index contributed by atoms with van der Waals surface area (Å²) in [6.07, 6.45) is 0.449. The lowest BCUT2D eigenvalue weighted by Crippen LogP contribution is -2.36. The summed E-state index contributed by atoms with van der Waals surface area (Å²) in [6, 6.07) is 3.53. The van der Waals surface area contributed by atoms with Gasteiger partial charge in [-0.1, -0.05) is 25.2 Å². The Balaban J connectivity index is 1.86. The number of carboxylic acids is 1. The second kappa shape index (κ2) is 9.38. The molecule has 0 spiro atoms. The summed E-state index contributed by atoms with van der Waals surface area (Å²) in [4.78, 5) is 11.3. The number of carboxylic acid groups (broad SMARTS) is 1. The van der Waals surface area contributed by atoms with Crippen molar-refractivity contribution in [2.45, 2.75) is 31.5 Å². The molecule has 0 aliphatic heterocycles. The molecule has 2 unspecified atom stereocenters. The SMILES string of the molecule is CC1C=C(SCC(F)(F)COc2ccc(C(F)(F)F)cc2)C=CC1(C)OCC(=O)O. The summed E-state index contributed by atoms with van der Waals surface area (Å²) >= 11 is 0.898. The molecule has 1 N–H and O–H groups in total. The molecule has 1 aromatic carbocycles. The van der Waals surface area contributed by atoms with E-state index in [2.05, 4.69) is 0 Å². The molecule has 0 fully saturated rings. The first kappa shape index (κ1) is 24.2. The third kappa shape index (κ3) is 7.02. The van der Waals surface area contributed by atoms with Crippen LogP contribution in [0.5, 0.6) is 5.75 Å². The minimum absolute atomic E-state index is 0.0792. The number of thioether (sulfide) groups is 1. The van der Waals surface area contributed by atoms with Crippen LogP contribution in [-0.2, 0) is 15.7 Å². The van der Waals surface area contributed by atoms with Gasteiger partial charge >= 0.3 is 12.1 Å². The Labute approximate surface area is 174 Å². The maximum absolute atomic E-state index is 14.1. The van der Waals surface area contributed by atoms with Gasteiger partial charge in [-0.2, -0.15) is 13.2 Å². The van der Waals surface area contributed by atoms with Gasteiger partial charge in [0.15, 0.2) is 6.61 Å². The van der Waals surface area contributed by atoms with E-state index in [1.807, 2.05) is 0 Å². The zero-order valence-corrected chi connectivity index (χ0v) is 17.0. The van der Waals surface area contributed by atoms with Gasteiger partial charge in [0.25, 0.3) is 5.92 Å². The van der Waals surface area contributed by atoms with Crippen LogP contribution in [0.3, 0.4) is 0 Å². The standard InChI is InChI=1S/C20H21F5O4S/c1-13-9-16(7-8-18(13,2)29-10-17(26)27)30-12-19(21,22)11-28-15-5-3-14(4-6-15)20(23,24)25/h3-9,13H,10-12H2,1-2H3,(H,26,27). The summed E-state index contributed by atoms with van der Waals surface area (Å²) < 4.78 is 76.1. The fourth-order valence-corrected chi connectivity index (χ4v) is 3.45. The molecule has 0 heterocycles. The first-order chi connectivity index (χ1) is 13.8. The number of alkyl halides is 5. The van der Waals surface area contributed by atoms with Crippen molar-refractivity contribution in [3.05, 3.63) is 53.0 Å². The summed E-state index contributed by atoms with van der Waals surface area (Å²) in [6.45, 7) is 2.05. The molecule has 30 heavy (non-hydrogen) atoms. The number of aliphatic carboxylic acids is 1. The lowest BCUT2D eigenvalue weighted by atomic mass is 9.86. The van der Waals surface area contributed by atoms with Crippen LogP contribution in [0.4, 0.5) is 22.0 Å². The molecule has 10 heteroatoms. The van der Waals surface area contributed by atoms with Gasteiger partial charge < -0.3 is 14.6 Å². The molecule has 1 aliphatic carbocycles. The lowest BCUT2D eigenvalue weighted by Gasteiger charge is -2.33. The largest absolute Gasteiger partial charge is 0.487 e. The van der Waals surface area contributed by atoms with E-state index in [0.717, 1.165) is 36.0 Å². The van der Waals surface area contributed by atoms with Gasteiger partial charge in [0.05, 0.1) is 16.9 Å². The van der Waals surface area contributed by atoms with E-state index in [4.69, 9.17) is 14.6 Å². The third-order valence-corrected chi connectivity index (χ3v) is 5.66. The maximum atomic E-state index is 14.1. The molecule has 0 saturated heterocycles. The van der Waals surface area contributed by atoms with Gasteiger partial charge in [0.1, 0.15) is 12.4 Å². The molecule has 4 nitrogen and oxygen atoms in total. The predicted octanol–water partition coefficient (Wildman–Crippen LogP) is 5.40. The number of halogens is 5. The monoisotopic (exact) mass is 452 g/mol. The summed E-state index contributed by atoms with van der Waals surface area (Å²) in [5, 5.41) is 8.74. The Morgan fingerprint density at radius 3 is 2.37 bits per heavy atom. The Hall–Kier alpha value is -2.07. The van der Waals surface area contributed by atoms with Crippen LogP contribution < -0.4 is 4.74 Å². The van der Waals surface area contributed by atoms with Crippen molar-refractivity contribution in [3.8, 4) is 5.75 Å². The number of hydrogen-bond donors (Lipinski definition) is 1. The highest BCUT2D eigenvalue weighted by atomic mass is 32.2. The van der Waals surface area contributed by atoms with Gasteiger partial charge in [-0.05, 0) is 31.2 Å². The zero-order chi connectivity index (χ0) is 22.6. The van der Waals surface area contributed by atoms with Gasteiger partial charge in [0, 0.05) is 10.8 Å². The van der Waals surface area contributed by atoms with Crippen molar-refractivity contribution in [1.29, 1.82) is 0 Å². The van der Waals surface area contributed by atoms with E-state index in [9.17, 15) is 26.7 Å². The lowest BCUT2D eigenvalue weighted by molar-refractivity contribution is -0.148. The smallest absolute Gasteiger partial charge is 0.416 e. The number of rotatable bonds is 9. The fourth-order valence-electron chi connectivity index (χ4n) is 2.52. The van der Waals surface area contributed by atoms with E-state index in [-0.39, 0.29) is 11.7 Å². The van der Waals surface area contributed by atoms with Crippen molar-refractivity contribution < 1.29 is 41.3 Å². The van der Waals surface area contributed by atoms with Crippen molar-refractivity contribution in [2.75, 3.05) is 19.0 Å². The summed E-state index contributed by atoms with van der Waals surface area (Å²) in [7, 11) is 0. The molecule has 0 bridgehead atoms. The minimum Gasteiger partial charge on any atom is -0.487 e. The van der Waals surface area contributed by atoms with E-state index in [1.165, 1.54) is 0 Å². The molecule has 0 radical (unpaired) electrons. The summed E-state index contributed by atoms with van der Waals surface area (Å²) in [5.41, 5.74) is -1.74. The second-order valence-electron chi connectivity index (χ2n) is 7.01. The van der Waals surface area contributed by atoms with Crippen LogP contribution in [0.25, 0.3) is 0 Å². The second-order valence-corrected chi connectivity index (χ2v) is 8.06. The van der Waals surface area contributed by atoms with Crippen LogP contribution >= 0.6 is 11.8 Å². The predicted molar refractivity (Wildman–Crippen MR) is 103 cm³/mol. The van der Waals surface area contributed by atoms with Crippen molar-refractivity contribution >= 4 is 17.7 Å². The van der Waals surface area contributed by atoms with Crippen molar-refractivity contribution in [3.63, 3.8) is 0 Å². The minimum atomic E-state index is -4.51. The highest BCUT2D eigenvalue weighted by Gasteiger charge is 2.34. The van der Waals surface area contributed by atoms with Crippen LogP contribution in [0, 0.1) is 5.92 Å². The molecule has 2 rings (SSSR count). The van der Waals surface area contributed by atoms with Gasteiger partial charge in [-0.15, -0.1) is 11.8 Å². The number of carbonyl (C=O) groups is 1. The van der Waals surface area contributed by atoms with Crippen LogP contribution in [0.1, 0.15) is 19.4 Å². The molecule has 0 amide bonds. The highest BCUT2D eigenvalue weighted by molar-refractivity contribution is 8.03. The average Bonchev–Trinajstić information content (AvgIpc) is 2.66. The number of ether oxygens (including phenoxy) is 2. The van der Waals surface area contributed by atoms with Gasteiger partial charge in [-0.3, -0.25) is 0 Å². The van der Waals surface area contributed by atoms with Gasteiger partial charge in [-0.25, -0.2) is 13.6 Å². The Kier molecular flexibility index (Phi) is 7.57. The van der Waals surface area contributed by atoms with E-state index in [0.29, 0.717) is 4.91 Å². The molecule has 166 valence electrons. The number of benzene rings is 1. The van der Waals surface area contributed by atoms with E-state index < -0.39 is 48.2 Å². The van der Waals surface area contributed by atoms with E-state index >= 15 is 0 Å². The van der Waals surface area contributed by atoms with Crippen LogP contribution in [0.15, 0.2) is 47.4 Å². The average molecular weight is 452 g/mol. The van der Waals surface area contributed by atoms with Crippen molar-refractivity contribution in [1.82, 2.24) is 0 Å². The van der Waals surface area contributed by atoms with E-state index in [1.54, 1.807) is 32.1 Å². The molecule has 0 saturated carbocycles. The normalized spacial score (nSPS) is 22.0. The van der Waals surface area contributed by atoms with Crippen LogP contribution in [-0.4, -0.2) is 41.6 Å². The van der Waals surface area contributed by atoms with Crippen LogP contribution in [0.2, 0.25) is 0 Å². The Bertz CT molecular complexity index is 804.